The van der Waals surface area contributed by atoms with Crippen LogP contribution in [0.25, 0.3) is 11.2 Å². The molecule has 1 aliphatic rings. The maximum absolute atomic E-state index is 12.9. The zero-order valence-electron chi connectivity index (χ0n) is 16.8. The summed E-state index contributed by atoms with van der Waals surface area (Å²) < 4.78 is 40.7. The summed E-state index contributed by atoms with van der Waals surface area (Å²) in [6.45, 7) is 6.05. The number of aliphatic hydroxyl groups is 1. The topological polar surface area (TPSA) is 63.0 Å². The minimum atomic E-state index is -4.23. The monoisotopic (exact) mass is 398 g/mol. The second-order valence-electron chi connectivity index (χ2n) is 8.86. The number of aromatic nitrogens is 3. The molecule has 0 radical (unpaired) electrons. The number of hydrogen-bond donors (Lipinski definition) is 2. The van der Waals surface area contributed by atoms with Crippen molar-refractivity contribution in [1.82, 2.24) is 19.9 Å². The van der Waals surface area contributed by atoms with E-state index in [4.69, 9.17) is 4.98 Å². The van der Waals surface area contributed by atoms with E-state index in [1.54, 1.807) is 6.20 Å². The molecule has 3 rings (SSSR count). The normalized spacial score (nSPS) is 24.5. The summed E-state index contributed by atoms with van der Waals surface area (Å²) in [4.78, 5) is 9.32. The van der Waals surface area contributed by atoms with E-state index in [1.807, 2.05) is 17.7 Å². The van der Waals surface area contributed by atoms with Crippen molar-refractivity contribution in [3.8, 4) is 0 Å². The average molecular weight is 398 g/mol. The lowest BCUT2D eigenvalue weighted by molar-refractivity contribution is -0.147. The SMILES string of the molecule is Cn1c(C(C)(C)C)cc2ncc([C@@H]3CCC[C@@H](CC(F)(F)F)[C@H](CO)N3)nc21. The van der Waals surface area contributed by atoms with Gasteiger partial charge in [0.1, 0.15) is 5.52 Å². The van der Waals surface area contributed by atoms with Gasteiger partial charge in [-0.1, -0.05) is 27.2 Å². The average Bonchev–Trinajstić information content (AvgIpc) is 2.79. The second-order valence-corrected chi connectivity index (χ2v) is 8.86. The zero-order valence-corrected chi connectivity index (χ0v) is 16.8. The molecule has 0 bridgehead atoms. The summed E-state index contributed by atoms with van der Waals surface area (Å²) in [5, 5.41) is 12.9. The first-order valence-corrected chi connectivity index (χ1v) is 9.76. The van der Waals surface area contributed by atoms with E-state index in [1.165, 1.54) is 0 Å². The van der Waals surface area contributed by atoms with Crippen molar-refractivity contribution >= 4 is 11.2 Å². The Balaban J connectivity index is 1.88. The molecule has 3 atom stereocenters. The quantitative estimate of drug-likeness (QED) is 0.820. The maximum atomic E-state index is 12.9. The maximum Gasteiger partial charge on any atom is 0.389 e. The Bertz CT molecular complexity index is 825. The highest BCUT2D eigenvalue weighted by Gasteiger charge is 2.37. The number of halogens is 3. The van der Waals surface area contributed by atoms with E-state index < -0.39 is 24.6 Å². The van der Waals surface area contributed by atoms with E-state index in [0.29, 0.717) is 25.0 Å². The summed E-state index contributed by atoms with van der Waals surface area (Å²) in [6.07, 6.45) is -1.66. The third-order valence-electron chi connectivity index (χ3n) is 5.62. The van der Waals surface area contributed by atoms with Crippen molar-refractivity contribution < 1.29 is 18.3 Å². The van der Waals surface area contributed by atoms with E-state index in [0.717, 1.165) is 16.9 Å². The van der Waals surface area contributed by atoms with Crippen LogP contribution in [-0.4, -0.2) is 38.5 Å². The Morgan fingerprint density at radius 2 is 1.96 bits per heavy atom. The van der Waals surface area contributed by atoms with Crippen molar-refractivity contribution in [1.29, 1.82) is 0 Å². The standard InChI is InChI=1S/C20H29F3N4O/c1-19(2,3)17-8-14-18(27(17)4)26-15(10-24-14)13-7-5-6-12(9-20(21,22)23)16(11-28)25-13/h8,10,12-13,16,25,28H,5-7,9,11H2,1-4H3/t12-,13-,16-/m0/s1. The minimum Gasteiger partial charge on any atom is -0.395 e. The van der Waals surface area contributed by atoms with E-state index in [-0.39, 0.29) is 18.1 Å². The zero-order chi connectivity index (χ0) is 20.7. The molecule has 0 aliphatic carbocycles. The Kier molecular flexibility index (Phi) is 5.74. The van der Waals surface area contributed by atoms with Gasteiger partial charge in [0.15, 0.2) is 5.65 Å². The van der Waals surface area contributed by atoms with Gasteiger partial charge >= 0.3 is 6.18 Å². The molecule has 28 heavy (non-hydrogen) atoms. The van der Waals surface area contributed by atoms with Gasteiger partial charge in [-0.3, -0.25) is 4.98 Å². The van der Waals surface area contributed by atoms with Gasteiger partial charge in [0.2, 0.25) is 0 Å². The summed E-state index contributed by atoms with van der Waals surface area (Å²) >= 11 is 0. The highest BCUT2D eigenvalue weighted by molar-refractivity contribution is 5.73. The molecule has 0 spiro atoms. The number of aliphatic hydroxyl groups excluding tert-OH is 1. The van der Waals surface area contributed by atoms with Crippen LogP contribution in [-0.2, 0) is 12.5 Å². The Labute approximate surface area is 163 Å². The third-order valence-corrected chi connectivity index (χ3v) is 5.62. The van der Waals surface area contributed by atoms with Crippen LogP contribution in [0.5, 0.6) is 0 Å². The molecule has 0 aromatic carbocycles. The summed E-state index contributed by atoms with van der Waals surface area (Å²) in [5.41, 5.74) is 3.34. The molecule has 156 valence electrons. The Morgan fingerprint density at radius 3 is 2.57 bits per heavy atom. The highest BCUT2D eigenvalue weighted by Crippen LogP contribution is 2.35. The lowest BCUT2D eigenvalue weighted by Gasteiger charge is -2.27. The van der Waals surface area contributed by atoms with Crippen LogP contribution in [0, 0.1) is 5.92 Å². The number of nitrogens with one attached hydrogen (secondary N) is 1. The second kappa shape index (κ2) is 7.63. The lowest BCUT2D eigenvalue weighted by atomic mass is 9.92. The fourth-order valence-electron chi connectivity index (χ4n) is 4.22. The van der Waals surface area contributed by atoms with Crippen molar-refractivity contribution in [3.05, 3.63) is 23.7 Å². The van der Waals surface area contributed by atoms with Crippen LogP contribution < -0.4 is 5.32 Å². The number of aryl methyl sites for hydroxylation is 1. The Morgan fingerprint density at radius 1 is 1.25 bits per heavy atom. The van der Waals surface area contributed by atoms with Crippen molar-refractivity contribution in [3.63, 3.8) is 0 Å². The first kappa shape index (κ1) is 21.0. The number of rotatable bonds is 3. The third kappa shape index (κ3) is 4.49. The summed E-state index contributed by atoms with van der Waals surface area (Å²) in [7, 11) is 1.96. The molecule has 3 heterocycles. The number of nitrogens with zero attached hydrogens (tertiary/aromatic N) is 3. The van der Waals surface area contributed by atoms with Crippen molar-refractivity contribution in [2.75, 3.05) is 6.61 Å². The molecule has 2 aromatic heterocycles. The predicted octanol–water partition coefficient (Wildman–Crippen LogP) is 4.01. The van der Waals surface area contributed by atoms with Crippen molar-refractivity contribution in [2.45, 2.75) is 70.1 Å². The molecule has 5 nitrogen and oxygen atoms in total. The summed E-state index contributed by atoms with van der Waals surface area (Å²) in [5.74, 6) is -0.630. The largest absolute Gasteiger partial charge is 0.395 e. The van der Waals surface area contributed by atoms with Gasteiger partial charge in [-0.05, 0) is 24.8 Å². The smallest absolute Gasteiger partial charge is 0.389 e. The van der Waals surface area contributed by atoms with Crippen molar-refractivity contribution in [2.24, 2.45) is 13.0 Å². The molecule has 0 saturated carbocycles. The van der Waals surface area contributed by atoms with E-state index in [9.17, 15) is 18.3 Å². The van der Waals surface area contributed by atoms with Gasteiger partial charge in [-0.2, -0.15) is 13.2 Å². The molecular weight excluding hydrogens is 369 g/mol. The lowest BCUT2D eigenvalue weighted by Crippen LogP contribution is -2.41. The van der Waals surface area contributed by atoms with Gasteiger partial charge < -0.3 is 15.0 Å². The number of fused-ring (bicyclic) bond motifs is 1. The molecule has 0 amide bonds. The molecule has 0 unspecified atom stereocenters. The van der Waals surface area contributed by atoms with E-state index in [2.05, 4.69) is 31.1 Å². The van der Waals surface area contributed by atoms with Gasteiger partial charge in [-0.25, -0.2) is 4.98 Å². The molecule has 1 saturated heterocycles. The fourth-order valence-corrected chi connectivity index (χ4v) is 4.22. The fraction of sp³-hybridized carbons (Fsp3) is 0.700. The number of hydrogen-bond acceptors (Lipinski definition) is 4. The first-order chi connectivity index (χ1) is 13.0. The molecule has 2 N–H and O–H groups in total. The minimum absolute atomic E-state index is 0.0509. The Hall–Kier alpha value is -1.67. The number of alkyl halides is 3. The summed E-state index contributed by atoms with van der Waals surface area (Å²) in [6, 6.07) is 1.20. The van der Waals surface area contributed by atoms with Crippen LogP contribution in [0.2, 0.25) is 0 Å². The van der Waals surface area contributed by atoms with Crippen LogP contribution in [0.3, 0.4) is 0 Å². The molecule has 1 aliphatic heterocycles. The van der Waals surface area contributed by atoms with Crippen LogP contribution in [0.15, 0.2) is 12.3 Å². The predicted molar refractivity (Wildman–Crippen MR) is 102 cm³/mol. The van der Waals surface area contributed by atoms with Gasteiger partial charge in [0.25, 0.3) is 0 Å². The first-order valence-electron chi connectivity index (χ1n) is 9.76. The molecular formula is C20H29F3N4O. The van der Waals surface area contributed by atoms with Gasteiger partial charge in [0, 0.05) is 30.6 Å². The molecule has 2 aromatic rings. The molecule has 1 fully saturated rings. The van der Waals surface area contributed by atoms with Crippen LogP contribution in [0.1, 0.15) is 63.9 Å². The van der Waals surface area contributed by atoms with Gasteiger partial charge in [-0.15, -0.1) is 0 Å². The van der Waals surface area contributed by atoms with Gasteiger partial charge in [0.05, 0.1) is 24.5 Å². The molecule has 8 heteroatoms. The van der Waals surface area contributed by atoms with Crippen LogP contribution in [0.4, 0.5) is 13.2 Å². The van der Waals surface area contributed by atoms with Crippen LogP contribution >= 0.6 is 0 Å². The highest BCUT2D eigenvalue weighted by atomic mass is 19.4. The van der Waals surface area contributed by atoms with E-state index >= 15 is 0 Å².